The molecule has 3 heterocycles. The molecule has 0 fully saturated rings. The molecule has 0 saturated carbocycles. The number of hydrogen-bond donors (Lipinski definition) is 0. The molecule has 11 aromatic rings. The van der Waals surface area contributed by atoms with Crippen molar-refractivity contribution in [3.05, 3.63) is 230 Å². The Morgan fingerprint density at radius 1 is 0.381 bits per heavy atom. The summed E-state index contributed by atoms with van der Waals surface area (Å²) in [6, 6.07) is 78.5. The minimum Gasteiger partial charge on any atom is -0.310 e. The zero-order valence-corrected chi connectivity index (χ0v) is 35.1. The van der Waals surface area contributed by atoms with Crippen LogP contribution >= 0.6 is 0 Å². The third-order valence-electron chi connectivity index (χ3n) is 13.0. The lowest BCUT2D eigenvalue weighted by atomic mass is 9.73. The normalized spacial score (nSPS) is 13.0. The predicted octanol–water partition coefficient (Wildman–Crippen LogP) is 15.5. The first-order valence-electron chi connectivity index (χ1n) is 21.7. The zero-order chi connectivity index (χ0) is 42.1. The Morgan fingerprint density at radius 3 is 1.79 bits per heavy atom. The monoisotopic (exact) mass is 806 g/mol. The van der Waals surface area contributed by atoms with Crippen LogP contribution < -0.4 is 4.90 Å². The van der Waals surface area contributed by atoms with Crippen molar-refractivity contribution in [2.75, 3.05) is 4.90 Å². The van der Waals surface area contributed by atoms with Crippen LogP contribution in [-0.2, 0) is 5.41 Å². The van der Waals surface area contributed by atoms with Gasteiger partial charge in [-0.1, -0.05) is 172 Å². The van der Waals surface area contributed by atoms with Crippen molar-refractivity contribution in [1.29, 1.82) is 0 Å². The van der Waals surface area contributed by atoms with Crippen LogP contribution in [0.3, 0.4) is 0 Å². The standard InChI is InChI=1S/C59H42N4/c1-59(2)49-27-14-15-28-54(49)62(45-23-10-5-11-24-45)56-37-43(29-32-50(56)59)42-31-33-53-48(36-42)57-47-26-13-12-17-39(47)30-34-55(57)63(53)46-25-16-22-44(35-46)52-38-51(40-18-6-3-7-19-40)60-58(61-52)41-20-8-4-9-21-41/h3-38H,1-2H3. The van der Waals surface area contributed by atoms with E-state index in [1.165, 1.54) is 55.2 Å². The van der Waals surface area contributed by atoms with Crippen LogP contribution in [0.15, 0.2) is 218 Å². The summed E-state index contributed by atoms with van der Waals surface area (Å²) < 4.78 is 2.42. The molecule has 0 radical (unpaired) electrons. The summed E-state index contributed by atoms with van der Waals surface area (Å²) in [6.45, 7) is 4.70. The number of rotatable bonds is 6. The summed E-state index contributed by atoms with van der Waals surface area (Å²) >= 11 is 0. The molecule has 12 rings (SSSR count). The Labute approximate surface area is 367 Å². The van der Waals surface area contributed by atoms with Gasteiger partial charge in [0.2, 0.25) is 0 Å². The van der Waals surface area contributed by atoms with Crippen LogP contribution in [0.1, 0.15) is 25.0 Å². The highest BCUT2D eigenvalue weighted by Gasteiger charge is 2.37. The Kier molecular flexibility index (Phi) is 8.48. The Balaban J connectivity index is 1.04. The molecule has 0 bridgehead atoms. The zero-order valence-electron chi connectivity index (χ0n) is 35.1. The van der Waals surface area contributed by atoms with E-state index in [0.717, 1.165) is 50.5 Å². The largest absolute Gasteiger partial charge is 0.310 e. The number of benzene rings is 9. The quantitative estimate of drug-likeness (QED) is 0.168. The lowest BCUT2D eigenvalue weighted by Crippen LogP contribution is -2.30. The second-order valence-corrected chi connectivity index (χ2v) is 17.0. The van der Waals surface area contributed by atoms with E-state index in [4.69, 9.17) is 9.97 Å². The van der Waals surface area contributed by atoms with Crippen LogP contribution in [-0.4, -0.2) is 14.5 Å². The number of hydrogen-bond acceptors (Lipinski definition) is 3. The third kappa shape index (κ3) is 6.06. The fraction of sp³-hybridized carbons (Fsp3) is 0.0508. The van der Waals surface area contributed by atoms with Gasteiger partial charge in [-0.2, -0.15) is 0 Å². The molecule has 0 atom stereocenters. The molecular formula is C59H42N4. The lowest BCUT2D eigenvalue weighted by Gasteiger charge is -2.42. The van der Waals surface area contributed by atoms with Crippen molar-refractivity contribution < 1.29 is 0 Å². The minimum atomic E-state index is -0.168. The van der Waals surface area contributed by atoms with E-state index in [0.29, 0.717) is 5.82 Å². The van der Waals surface area contributed by atoms with Crippen LogP contribution in [0, 0.1) is 0 Å². The van der Waals surface area contributed by atoms with Crippen LogP contribution in [0.5, 0.6) is 0 Å². The summed E-state index contributed by atoms with van der Waals surface area (Å²) in [5.41, 5.74) is 16.6. The number of anilines is 3. The third-order valence-corrected chi connectivity index (χ3v) is 13.0. The van der Waals surface area contributed by atoms with Gasteiger partial charge in [-0.05, 0) is 93.7 Å². The molecular weight excluding hydrogens is 765 g/mol. The van der Waals surface area contributed by atoms with Gasteiger partial charge < -0.3 is 9.47 Å². The highest BCUT2D eigenvalue weighted by atomic mass is 15.2. The van der Waals surface area contributed by atoms with E-state index in [9.17, 15) is 0 Å². The molecule has 0 aliphatic carbocycles. The molecule has 0 unspecified atom stereocenters. The molecule has 4 heteroatoms. The molecule has 9 aromatic carbocycles. The van der Waals surface area contributed by atoms with E-state index in [1.54, 1.807) is 0 Å². The topological polar surface area (TPSA) is 34.0 Å². The van der Waals surface area contributed by atoms with E-state index in [1.807, 2.05) is 24.3 Å². The SMILES string of the molecule is CC1(C)c2ccccc2N(c2ccccc2)c2cc(-c3ccc4c(c3)c3c5ccccc5ccc3n4-c3cccc(-c4cc(-c5ccccc5)nc(-c5ccccc5)n4)c3)ccc21. The van der Waals surface area contributed by atoms with Crippen LogP contribution in [0.2, 0.25) is 0 Å². The van der Waals surface area contributed by atoms with Gasteiger partial charge in [-0.3, -0.25) is 0 Å². The summed E-state index contributed by atoms with van der Waals surface area (Å²) in [6.07, 6.45) is 0. The highest BCUT2D eigenvalue weighted by Crippen LogP contribution is 2.53. The maximum atomic E-state index is 5.19. The smallest absolute Gasteiger partial charge is 0.160 e. The van der Waals surface area contributed by atoms with Gasteiger partial charge in [-0.25, -0.2) is 9.97 Å². The van der Waals surface area contributed by atoms with Crippen molar-refractivity contribution in [2.45, 2.75) is 19.3 Å². The van der Waals surface area contributed by atoms with Gasteiger partial charge in [-0.15, -0.1) is 0 Å². The lowest BCUT2D eigenvalue weighted by molar-refractivity contribution is 0.632. The van der Waals surface area contributed by atoms with Crippen molar-refractivity contribution in [3.63, 3.8) is 0 Å². The average Bonchev–Trinajstić information content (AvgIpc) is 3.69. The fourth-order valence-corrected chi connectivity index (χ4v) is 9.87. The van der Waals surface area contributed by atoms with Gasteiger partial charge in [0.15, 0.2) is 5.82 Å². The van der Waals surface area contributed by atoms with Gasteiger partial charge in [0.25, 0.3) is 0 Å². The van der Waals surface area contributed by atoms with E-state index >= 15 is 0 Å². The Morgan fingerprint density at radius 2 is 0.984 bits per heavy atom. The Bertz CT molecular complexity index is 3480. The molecule has 0 amide bonds. The van der Waals surface area contributed by atoms with E-state index in [-0.39, 0.29) is 5.41 Å². The summed E-state index contributed by atoms with van der Waals surface area (Å²) in [4.78, 5) is 12.7. The van der Waals surface area contributed by atoms with Gasteiger partial charge >= 0.3 is 0 Å². The van der Waals surface area contributed by atoms with Crippen molar-refractivity contribution in [2.24, 2.45) is 0 Å². The summed E-state index contributed by atoms with van der Waals surface area (Å²) in [5, 5.41) is 4.92. The number of nitrogens with zero attached hydrogens (tertiary/aromatic N) is 4. The Hall–Kier alpha value is -8.08. The summed E-state index contributed by atoms with van der Waals surface area (Å²) in [5.74, 6) is 0.704. The predicted molar refractivity (Wildman–Crippen MR) is 262 cm³/mol. The maximum absolute atomic E-state index is 5.19. The van der Waals surface area contributed by atoms with Crippen LogP contribution in [0.25, 0.3) is 83.3 Å². The molecule has 298 valence electrons. The van der Waals surface area contributed by atoms with Crippen molar-refractivity contribution >= 4 is 49.6 Å². The summed E-state index contributed by atoms with van der Waals surface area (Å²) in [7, 11) is 0. The molecule has 0 saturated heterocycles. The number of para-hydroxylation sites is 2. The highest BCUT2D eigenvalue weighted by molar-refractivity contribution is 6.22. The molecule has 0 N–H and O–H groups in total. The molecule has 4 nitrogen and oxygen atoms in total. The van der Waals surface area contributed by atoms with Gasteiger partial charge in [0, 0.05) is 44.3 Å². The molecule has 63 heavy (non-hydrogen) atoms. The fourth-order valence-electron chi connectivity index (χ4n) is 9.87. The first-order chi connectivity index (χ1) is 31.0. The van der Waals surface area contributed by atoms with Crippen molar-refractivity contribution in [3.8, 4) is 50.7 Å². The molecule has 1 aliphatic heterocycles. The van der Waals surface area contributed by atoms with E-state index in [2.05, 4.69) is 217 Å². The number of aromatic nitrogens is 3. The second-order valence-electron chi connectivity index (χ2n) is 17.0. The van der Waals surface area contributed by atoms with E-state index < -0.39 is 0 Å². The number of fused-ring (bicyclic) bond motifs is 7. The molecule has 0 spiro atoms. The molecule has 2 aromatic heterocycles. The van der Waals surface area contributed by atoms with Crippen molar-refractivity contribution in [1.82, 2.24) is 14.5 Å². The minimum absolute atomic E-state index is 0.168. The first-order valence-corrected chi connectivity index (χ1v) is 21.7. The van der Waals surface area contributed by atoms with Crippen LogP contribution in [0.4, 0.5) is 17.1 Å². The molecule has 1 aliphatic rings. The maximum Gasteiger partial charge on any atom is 0.160 e. The average molecular weight is 807 g/mol. The first kappa shape index (κ1) is 36.7. The second kappa shape index (κ2) is 14.5. The van der Waals surface area contributed by atoms with Gasteiger partial charge in [0.1, 0.15) is 0 Å². The van der Waals surface area contributed by atoms with Gasteiger partial charge in [0.05, 0.1) is 33.8 Å².